The molecule has 0 saturated heterocycles. The highest BCUT2D eigenvalue weighted by molar-refractivity contribution is 7.75. The van der Waals surface area contributed by atoms with Gasteiger partial charge in [-0.1, -0.05) is 27.7 Å². The summed E-state index contributed by atoms with van der Waals surface area (Å²) in [7, 11) is -5.68. The summed E-state index contributed by atoms with van der Waals surface area (Å²) in [6, 6.07) is 0. The number of nitrogens with one attached hydrogen (secondary N) is 1. The molecular formula is C12H33N4O4P3+2. The predicted octanol–water partition coefficient (Wildman–Crippen LogP) is 4.60. The second-order valence-corrected chi connectivity index (χ2v) is 9.54. The van der Waals surface area contributed by atoms with E-state index in [0.29, 0.717) is 26.4 Å². The van der Waals surface area contributed by atoms with E-state index in [4.69, 9.17) is 29.1 Å². The van der Waals surface area contributed by atoms with E-state index in [1.54, 1.807) is 0 Å². The molecule has 0 spiro atoms. The minimum absolute atomic E-state index is 0.502. The zero-order valence-corrected chi connectivity index (χ0v) is 17.4. The van der Waals surface area contributed by atoms with Crippen LogP contribution in [0.3, 0.4) is 0 Å². The highest BCUT2D eigenvalue weighted by Gasteiger charge is 2.52. The van der Waals surface area contributed by atoms with Gasteiger partial charge < -0.3 is 9.05 Å². The summed E-state index contributed by atoms with van der Waals surface area (Å²) in [5, 5.41) is 0. The van der Waals surface area contributed by atoms with E-state index in [2.05, 4.69) is 9.37 Å². The first kappa shape index (κ1) is 23.7. The minimum atomic E-state index is -2.79. The fraction of sp³-hybridized carbons (Fsp3) is 1.00. The molecule has 0 unspecified atom stereocenters. The molecule has 0 aromatic rings. The molecule has 0 aromatic heterocycles. The normalized spacial score (nSPS) is 12.0. The Morgan fingerprint density at radius 2 is 1.30 bits per heavy atom. The van der Waals surface area contributed by atoms with Crippen LogP contribution in [0.2, 0.25) is 0 Å². The Kier molecular flexibility index (Phi) is 15.4. The van der Waals surface area contributed by atoms with E-state index < -0.39 is 24.6 Å². The molecule has 11 heteroatoms. The van der Waals surface area contributed by atoms with Gasteiger partial charge in [0, 0.05) is 0 Å². The van der Waals surface area contributed by atoms with Crippen molar-refractivity contribution in [3.8, 4) is 0 Å². The fourth-order valence-corrected chi connectivity index (χ4v) is 6.76. The number of rotatable bonds is 15. The SMILES string of the molecule is CCCOP(N[P+](N=[P+](N)N)(OCCC)OCCC)OCCC. The molecule has 0 bridgehead atoms. The lowest BCUT2D eigenvalue weighted by atomic mass is 10.5. The summed E-state index contributed by atoms with van der Waals surface area (Å²) < 4.78 is 27.7. The van der Waals surface area contributed by atoms with Gasteiger partial charge in [-0.2, -0.15) is 9.05 Å². The average Bonchev–Trinajstić information content (AvgIpc) is 2.52. The molecule has 0 fully saturated rings. The van der Waals surface area contributed by atoms with E-state index in [9.17, 15) is 0 Å². The summed E-state index contributed by atoms with van der Waals surface area (Å²) >= 11 is 0. The third kappa shape index (κ3) is 11.8. The highest BCUT2D eigenvalue weighted by Crippen LogP contribution is 2.66. The van der Waals surface area contributed by atoms with Gasteiger partial charge in [-0.05, 0) is 30.5 Å². The Morgan fingerprint density at radius 1 is 0.870 bits per heavy atom. The average molecular weight is 390 g/mol. The van der Waals surface area contributed by atoms with Crippen molar-refractivity contribution < 1.29 is 18.1 Å². The van der Waals surface area contributed by atoms with Crippen LogP contribution in [0.1, 0.15) is 53.4 Å². The van der Waals surface area contributed by atoms with Crippen LogP contribution in [0.5, 0.6) is 0 Å². The maximum absolute atomic E-state index is 5.91. The predicted molar refractivity (Wildman–Crippen MR) is 99.7 cm³/mol. The zero-order chi connectivity index (χ0) is 17.6. The van der Waals surface area contributed by atoms with Crippen LogP contribution in [-0.2, 0) is 18.1 Å². The Hall–Kier alpha value is 0.680. The van der Waals surface area contributed by atoms with Crippen molar-refractivity contribution >= 4 is 24.6 Å². The van der Waals surface area contributed by atoms with E-state index in [1.165, 1.54) is 0 Å². The molecule has 0 radical (unpaired) electrons. The number of nitrogens with two attached hydrogens (primary N) is 2. The molecule has 138 valence electrons. The topological polar surface area (TPSA) is 113 Å². The summed E-state index contributed by atoms with van der Waals surface area (Å²) in [4.78, 5) is 3.21. The summed E-state index contributed by atoms with van der Waals surface area (Å²) in [5.74, 6) is 0. The molecule has 8 nitrogen and oxygen atoms in total. The molecule has 0 aliphatic carbocycles. The quantitative estimate of drug-likeness (QED) is 0.350. The first-order valence-electron chi connectivity index (χ1n) is 8.08. The third-order valence-electron chi connectivity index (χ3n) is 2.20. The van der Waals surface area contributed by atoms with Crippen molar-refractivity contribution in [3.63, 3.8) is 0 Å². The maximum atomic E-state index is 5.91. The van der Waals surface area contributed by atoms with Crippen molar-refractivity contribution in [2.75, 3.05) is 26.4 Å². The Morgan fingerprint density at radius 3 is 1.65 bits per heavy atom. The molecule has 23 heavy (non-hydrogen) atoms. The molecule has 0 aliphatic heterocycles. The summed E-state index contributed by atoms with van der Waals surface area (Å²) in [6.45, 7) is 10.3. The van der Waals surface area contributed by atoms with Gasteiger partial charge in [-0.25, -0.2) is 0 Å². The molecule has 0 atom stereocenters. The monoisotopic (exact) mass is 390 g/mol. The maximum Gasteiger partial charge on any atom is 0.537 e. The molecule has 0 amide bonds. The molecule has 0 heterocycles. The third-order valence-corrected chi connectivity index (χ3v) is 7.53. The Balaban J connectivity index is 5.16. The second-order valence-electron chi connectivity index (χ2n) is 4.68. The van der Waals surface area contributed by atoms with Crippen LogP contribution < -0.4 is 15.9 Å². The molecule has 5 N–H and O–H groups in total. The summed E-state index contributed by atoms with van der Waals surface area (Å²) in [5.41, 5.74) is 11.5. The zero-order valence-electron chi connectivity index (χ0n) is 14.7. The van der Waals surface area contributed by atoms with Crippen molar-refractivity contribution in [2.24, 2.45) is 15.5 Å². The largest absolute Gasteiger partial charge is 0.537 e. The standard InChI is InChI=1S/C12H33N4O4P3/c1-5-9-17-22(18-10-6-2)16-23(15-21(13)14,19-11-7-3)20-12-8-4/h16H,5-12H2,1-4H3,(H4,13,14,15)/q+2. The van der Waals surface area contributed by atoms with Crippen molar-refractivity contribution in [2.45, 2.75) is 53.4 Å². The van der Waals surface area contributed by atoms with Crippen molar-refractivity contribution in [1.82, 2.24) is 4.86 Å². The second kappa shape index (κ2) is 15.0. The first-order valence-corrected chi connectivity index (χ1v) is 12.3. The van der Waals surface area contributed by atoms with Gasteiger partial charge in [0.2, 0.25) is 0 Å². The minimum Gasteiger partial charge on any atom is -0.320 e. The van der Waals surface area contributed by atoms with Gasteiger partial charge in [0.25, 0.3) is 8.53 Å². The Labute approximate surface area is 143 Å². The lowest BCUT2D eigenvalue weighted by molar-refractivity contribution is 0.216. The van der Waals surface area contributed by atoms with Crippen molar-refractivity contribution in [1.29, 1.82) is 0 Å². The van der Waals surface area contributed by atoms with Crippen LogP contribution in [0, 0.1) is 0 Å². The van der Waals surface area contributed by atoms with E-state index >= 15 is 0 Å². The van der Waals surface area contributed by atoms with Crippen LogP contribution in [0.4, 0.5) is 0 Å². The van der Waals surface area contributed by atoms with Crippen LogP contribution in [0.25, 0.3) is 0 Å². The van der Waals surface area contributed by atoms with Gasteiger partial charge in [-0.3, -0.25) is 0 Å². The van der Waals surface area contributed by atoms with Gasteiger partial charge in [0.1, 0.15) is 0 Å². The smallest absolute Gasteiger partial charge is 0.320 e. The molecule has 0 rings (SSSR count). The fourth-order valence-electron chi connectivity index (χ4n) is 1.28. The Bertz CT molecular complexity index is 307. The number of nitrogens with zero attached hydrogens (tertiary/aromatic N) is 1. The summed E-state index contributed by atoms with van der Waals surface area (Å²) in [6.07, 6.45) is 3.46. The van der Waals surface area contributed by atoms with Gasteiger partial charge in [0.15, 0.2) is 4.52 Å². The van der Waals surface area contributed by atoms with Gasteiger partial charge in [0.05, 0.1) is 26.4 Å². The van der Waals surface area contributed by atoms with Crippen LogP contribution >= 0.6 is 24.6 Å². The van der Waals surface area contributed by atoms with E-state index in [0.717, 1.165) is 25.7 Å². The van der Waals surface area contributed by atoms with E-state index in [1.807, 2.05) is 27.7 Å². The van der Waals surface area contributed by atoms with Gasteiger partial charge >= 0.3 is 16.0 Å². The first-order chi connectivity index (χ1) is 11.0. The van der Waals surface area contributed by atoms with Crippen molar-refractivity contribution in [3.05, 3.63) is 0 Å². The van der Waals surface area contributed by atoms with E-state index in [-0.39, 0.29) is 0 Å². The van der Waals surface area contributed by atoms with Crippen LogP contribution in [0.15, 0.2) is 4.52 Å². The molecule has 0 aromatic carbocycles. The van der Waals surface area contributed by atoms with Gasteiger partial charge in [-0.15, -0.1) is 11.0 Å². The molecule has 0 saturated carbocycles. The number of hydrogen-bond donors (Lipinski definition) is 3. The highest BCUT2D eigenvalue weighted by atomic mass is 31.3. The number of hydrogen-bond acceptors (Lipinski definition) is 6. The molecular weight excluding hydrogens is 357 g/mol. The van der Waals surface area contributed by atoms with Crippen LogP contribution in [-0.4, -0.2) is 26.4 Å². The lowest BCUT2D eigenvalue weighted by Crippen LogP contribution is -2.18. The lowest BCUT2D eigenvalue weighted by Gasteiger charge is -2.21. The molecule has 0 aliphatic rings.